The van der Waals surface area contributed by atoms with Crippen LogP contribution in [0.25, 0.3) is 0 Å². The van der Waals surface area contributed by atoms with E-state index in [4.69, 9.17) is 0 Å². The average Bonchev–Trinajstić information content (AvgIpc) is 2.87. The summed E-state index contributed by atoms with van der Waals surface area (Å²) in [6.07, 6.45) is 0.685. The van der Waals surface area contributed by atoms with Crippen LogP contribution in [-0.4, -0.2) is 27.6 Å². The van der Waals surface area contributed by atoms with Crippen molar-refractivity contribution < 1.29 is 14.7 Å². The summed E-state index contributed by atoms with van der Waals surface area (Å²) in [5.41, 5.74) is 3.50. The summed E-state index contributed by atoms with van der Waals surface area (Å²) in [6.45, 7) is 8.27. The largest absolute Gasteiger partial charge is 0.480 e. The van der Waals surface area contributed by atoms with Crippen LogP contribution in [0.1, 0.15) is 47.6 Å². The van der Waals surface area contributed by atoms with Gasteiger partial charge in [-0.3, -0.25) is 4.79 Å². The monoisotopic (exact) mass is 342 g/mol. The van der Waals surface area contributed by atoms with Gasteiger partial charge in [0.2, 0.25) is 0 Å². The number of aliphatic carboxylic acids is 1. The Labute approximate surface area is 148 Å². The number of carbonyl (C=O) groups is 2. The Hall–Kier alpha value is -2.56. The van der Waals surface area contributed by atoms with Crippen LogP contribution in [0.3, 0.4) is 0 Å². The van der Waals surface area contributed by atoms with E-state index in [9.17, 15) is 14.7 Å². The third-order valence-corrected chi connectivity index (χ3v) is 4.77. The number of carbonyl (C=O) groups excluding carboxylic acids is 1. The molecule has 0 saturated carbocycles. The Bertz CT molecular complexity index is 750. The molecule has 0 aliphatic heterocycles. The molecular weight excluding hydrogens is 316 g/mol. The highest BCUT2D eigenvalue weighted by Crippen LogP contribution is 2.18. The molecule has 0 bridgehead atoms. The fourth-order valence-corrected chi connectivity index (χ4v) is 2.94. The molecule has 2 atom stereocenters. The SMILES string of the molecule is CCC(C)C(NC(=O)c1cc(C)n(Cc2ccccc2)c1C)C(=O)O. The van der Waals surface area contributed by atoms with Gasteiger partial charge in [-0.15, -0.1) is 0 Å². The van der Waals surface area contributed by atoms with E-state index in [2.05, 4.69) is 9.88 Å². The second-order valence-corrected chi connectivity index (χ2v) is 6.53. The molecule has 0 aliphatic carbocycles. The van der Waals surface area contributed by atoms with Crippen LogP contribution in [0.4, 0.5) is 0 Å². The van der Waals surface area contributed by atoms with Crippen LogP contribution in [0.15, 0.2) is 36.4 Å². The van der Waals surface area contributed by atoms with Crippen molar-refractivity contribution in [3.05, 3.63) is 58.9 Å². The Morgan fingerprint density at radius 3 is 2.40 bits per heavy atom. The van der Waals surface area contributed by atoms with Gasteiger partial charge < -0.3 is 15.0 Å². The molecule has 0 fully saturated rings. The average molecular weight is 342 g/mol. The van der Waals surface area contributed by atoms with Crippen molar-refractivity contribution in [2.24, 2.45) is 5.92 Å². The van der Waals surface area contributed by atoms with Gasteiger partial charge in [0, 0.05) is 17.9 Å². The maximum atomic E-state index is 12.6. The predicted octanol–water partition coefficient (Wildman–Crippen LogP) is 3.38. The van der Waals surface area contributed by atoms with Crippen molar-refractivity contribution in [3.63, 3.8) is 0 Å². The van der Waals surface area contributed by atoms with E-state index in [0.29, 0.717) is 18.5 Å². The molecule has 1 aromatic heterocycles. The minimum Gasteiger partial charge on any atom is -0.480 e. The van der Waals surface area contributed by atoms with E-state index < -0.39 is 12.0 Å². The summed E-state index contributed by atoms with van der Waals surface area (Å²) < 4.78 is 2.07. The van der Waals surface area contributed by atoms with Crippen LogP contribution in [0.5, 0.6) is 0 Å². The molecule has 0 aliphatic rings. The molecule has 0 saturated heterocycles. The van der Waals surface area contributed by atoms with E-state index in [0.717, 1.165) is 17.0 Å². The summed E-state index contributed by atoms with van der Waals surface area (Å²) in [5.74, 6) is -1.46. The van der Waals surface area contributed by atoms with E-state index in [-0.39, 0.29) is 11.8 Å². The lowest BCUT2D eigenvalue weighted by molar-refractivity contribution is -0.140. The first kappa shape index (κ1) is 18.8. The predicted molar refractivity (Wildman–Crippen MR) is 97.8 cm³/mol. The van der Waals surface area contributed by atoms with Crippen molar-refractivity contribution >= 4 is 11.9 Å². The van der Waals surface area contributed by atoms with Gasteiger partial charge >= 0.3 is 5.97 Å². The van der Waals surface area contributed by atoms with Gasteiger partial charge in [-0.1, -0.05) is 50.6 Å². The number of nitrogens with one attached hydrogen (secondary N) is 1. The van der Waals surface area contributed by atoms with E-state index in [1.165, 1.54) is 0 Å². The molecule has 5 heteroatoms. The van der Waals surface area contributed by atoms with Gasteiger partial charge in [-0.05, 0) is 31.4 Å². The molecule has 5 nitrogen and oxygen atoms in total. The van der Waals surface area contributed by atoms with Crippen molar-refractivity contribution in [3.8, 4) is 0 Å². The number of rotatable bonds is 7. The molecule has 2 unspecified atom stereocenters. The van der Waals surface area contributed by atoms with Gasteiger partial charge in [-0.25, -0.2) is 4.79 Å². The zero-order valence-corrected chi connectivity index (χ0v) is 15.2. The number of hydrogen-bond donors (Lipinski definition) is 2. The quantitative estimate of drug-likeness (QED) is 0.810. The van der Waals surface area contributed by atoms with E-state index in [1.807, 2.05) is 64.1 Å². The zero-order valence-electron chi connectivity index (χ0n) is 15.2. The molecule has 25 heavy (non-hydrogen) atoms. The zero-order chi connectivity index (χ0) is 18.6. The Morgan fingerprint density at radius 1 is 1.20 bits per heavy atom. The highest BCUT2D eigenvalue weighted by atomic mass is 16.4. The summed E-state index contributed by atoms with van der Waals surface area (Å²) in [5, 5.41) is 12.1. The van der Waals surface area contributed by atoms with Crippen molar-refractivity contribution in [1.82, 2.24) is 9.88 Å². The Balaban J connectivity index is 2.23. The lowest BCUT2D eigenvalue weighted by Crippen LogP contribution is -2.45. The number of amides is 1. The maximum absolute atomic E-state index is 12.6. The van der Waals surface area contributed by atoms with Gasteiger partial charge in [0.05, 0.1) is 5.56 Å². The molecule has 2 rings (SSSR count). The normalized spacial score (nSPS) is 13.3. The Morgan fingerprint density at radius 2 is 1.84 bits per heavy atom. The van der Waals surface area contributed by atoms with Gasteiger partial charge in [0.1, 0.15) is 6.04 Å². The lowest BCUT2D eigenvalue weighted by Gasteiger charge is -2.20. The number of benzene rings is 1. The van der Waals surface area contributed by atoms with Gasteiger partial charge in [0.15, 0.2) is 0 Å². The fourth-order valence-electron chi connectivity index (χ4n) is 2.94. The fraction of sp³-hybridized carbons (Fsp3) is 0.400. The van der Waals surface area contributed by atoms with Gasteiger partial charge in [0.25, 0.3) is 5.91 Å². The van der Waals surface area contributed by atoms with Gasteiger partial charge in [-0.2, -0.15) is 0 Å². The number of nitrogens with zero attached hydrogens (tertiary/aromatic N) is 1. The number of carboxylic acids is 1. The molecule has 1 heterocycles. The highest BCUT2D eigenvalue weighted by Gasteiger charge is 2.27. The highest BCUT2D eigenvalue weighted by molar-refractivity contribution is 5.98. The van der Waals surface area contributed by atoms with Crippen LogP contribution >= 0.6 is 0 Å². The minimum absolute atomic E-state index is 0.130. The molecular formula is C20H26N2O3. The standard InChI is InChI=1S/C20H26N2O3/c1-5-13(2)18(20(24)25)21-19(23)17-11-14(3)22(15(17)4)12-16-9-7-6-8-10-16/h6-11,13,18H,5,12H2,1-4H3,(H,21,23)(H,24,25). The molecule has 134 valence electrons. The molecule has 2 N–H and O–H groups in total. The van der Waals surface area contributed by atoms with Crippen LogP contribution in [-0.2, 0) is 11.3 Å². The summed E-state index contributed by atoms with van der Waals surface area (Å²) >= 11 is 0. The second kappa shape index (κ2) is 8.01. The van der Waals surface area contributed by atoms with Crippen molar-refractivity contribution in [2.75, 3.05) is 0 Å². The first-order valence-corrected chi connectivity index (χ1v) is 8.59. The molecule has 1 amide bonds. The van der Waals surface area contributed by atoms with E-state index >= 15 is 0 Å². The maximum Gasteiger partial charge on any atom is 0.326 e. The summed E-state index contributed by atoms with van der Waals surface area (Å²) in [6, 6.07) is 11.0. The number of aryl methyl sites for hydroxylation is 1. The minimum atomic E-state index is -0.999. The molecule has 1 aromatic carbocycles. The molecule has 0 spiro atoms. The number of carboxylic acid groups (broad SMARTS) is 1. The second-order valence-electron chi connectivity index (χ2n) is 6.53. The third kappa shape index (κ3) is 4.29. The number of aromatic nitrogens is 1. The topological polar surface area (TPSA) is 71.3 Å². The number of hydrogen-bond acceptors (Lipinski definition) is 2. The smallest absolute Gasteiger partial charge is 0.326 e. The first-order chi connectivity index (χ1) is 11.8. The summed E-state index contributed by atoms with van der Waals surface area (Å²) in [4.78, 5) is 24.1. The Kier molecular flexibility index (Phi) is 6.02. The van der Waals surface area contributed by atoms with Crippen LogP contribution in [0, 0.1) is 19.8 Å². The van der Waals surface area contributed by atoms with Crippen LogP contribution in [0.2, 0.25) is 0 Å². The summed E-state index contributed by atoms with van der Waals surface area (Å²) in [7, 11) is 0. The first-order valence-electron chi connectivity index (χ1n) is 8.59. The van der Waals surface area contributed by atoms with Crippen molar-refractivity contribution in [1.29, 1.82) is 0 Å². The van der Waals surface area contributed by atoms with Crippen LogP contribution < -0.4 is 5.32 Å². The van der Waals surface area contributed by atoms with E-state index in [1.54, 1.807) is 0 Å². The van der Waals surface area contributed by atoms with Crippen molar-refractivity contribution in [2.45, 2.75) is 46.7 Å². The molecule has 0 radical (unpaired) electrons. The third-order valence-electron chi connectivity index (χ3n) is 4.77. The lowest BCUT2D eigenvalue weighted by atomic mass is 9.99. The molecule has 2 aromatic rings.